The highest BCUT2D eigenvalue weighted by molar-refractivity contribution is 5.92. The fraction of sp³-hybridized carbons (Fsp3) is 0.278. The van der Waals surface area contributed by atoms with Crippen LogP contribution in [0.15, 0.2) is 30.3 Å². The van der Waals surface area contributed by atoms with E-state index in [2.05, 4.69) is 66.4 Å². The summed E-state index contributed by atoms with van der Waals surface area (Å²) in [6.07, 6.45) is 0. The summed E-state index contributed by atoms with van der Waals surface area (Å²) in [7, 11) is 6.07. The van der Waals surface area contributed by atoms with E-state index in [1.54, 1.807) is 0 Å². The molecule has 0 saturated carbocycles. The predicted octanol–water partition coefficient (Wildman–Crippen LogP) is 3.28. The maximum atomic E-state index is 8.25. The lowest BCUT2D eigenvalue weighted by Crippen LogP contribution is -2.30. The first-order valence-corrected chi connectivity index (χ1v) is 7.83. The lowest BCUT2D eigenvalue weighted by Gasteiger charge is -2.10. The second-order valence-electron chi connectivity index (χ2n) is 5.88. The SMILES string of the molecule is CNc1cc2c(cc1C)cc1cc(C)c(NC)cc1[n+]2C.O=[N+]([O-])[O-]. The molecule has 25 heavy (non-hydrogen) atoms. The van der Waals surface area contributed by atoms with Crippen LogP contribution in [0.25, 0.3) is 21.8 Å². The van der Waals surface area contributed by atoms with Gasteiger partial charge in [0.2, 0.25) is 11.0 Å². The summed E-state index contributed by atoms with van der Waals surface area (Å²) in [5.74, 6) is 0. The van der Waals surface area contributed by atoms with Crippen molar-refractivity contribution in [1.82, 2.24) is 0 Å². The molecule has 0 bridgehead atoms. The third-order valence-electron chi connectivity index (χ3n) is 4.32. The molecule has 0 atom stereocenters. The Morgan fingerprint density at radius 2 is 1.20 bits per heavy atom. The van der Waals surface area contributed by atoms with Crippen molar-refractivity contribution in [3.05, 3.63) is 56.8 Å². The first-order chi connectivity index (χ1) is 11.8. The number of fused-ring (bicyclic) bond motifs is 2. The molecule has 3 rings (SSSR count). The number of aromatic nitrogens is 1. The van der Waals surface area contributed by atoms with Crippen molar-refractivity contribution in [2.75, 3.05) is 24.7 Å². The lowest BCUT2D eigenvalue weighted by atomic mass is 10.0. The van der Waals surface area contributed by atoms with E-state index in [1.165, 1.54) is 44.3 Å². The third-order valence-corrected chi connectivity index (χ3v) is 4.32. The van der Waals surface area contributed by atoms with Crippen LogP contribution in [0.3, 0.4) is 0 Å². The Hall–Kier alpha value is -3.09. The molecule has 0 saturated heterocycles. The average Bonchev–Trinajstić information content (AvgIpc) is 2.53. The highest BCUT2D eigenvalue weighted by atomic mass is 16.9. The molecule has 2 aromatic carbocycles. The largest absolute Gasteiger partial charge is 0.388 e. The molecular weight excluding hydrogens is 320 g/mol. The first-order valence-electron chi connectivity index (χ1n) is 7.83. The number of benzene rings is 2. The number of nitrogens with one attached hydrogen (secondary N) is 2. The zero-order valence-electron chi connectivity index (χ0n) is 15.0. The molecule has 0 fully saturated rings. The minimum absolute atomic E-state index is 1.18. The van der Waals surface area contributed by atoms with Crippen molar-refractivity contribution < 1.29 is 9.65 Å². The second kappa shape index (κ2) is 7.21. The third kappa shape index (κ3) is 3.71. The molecule has 1 heterocycles. The molecule has 0 aliphatic heterocycles. The number of pyridine rings is 1. The smallest absolute Gasteiger partial charge is 0.214 e. The van der Waals surface area contributed by atoms with Gasteiger partial charge in [-0.25, -0.2) is 0 Å². The molecule has 3 aromatic rings. The highest BCUT2D eigenvalue weighted by Gasteiger charge is 2.15. The van der Waals surface area contributed by atoms with Gasteiger partial charge in [-0.2, -0.15) is 4.57 Å². The Balaban J connectivity index is 0.000000511. The quantitative estimate of drug-likeness (QED) is 0.323. The zero-order chi connectivity index (χ0) is 18.7. The van der Waals surface area contributed by atoms with Crippen molar-refractivity contribution in [1.29, 1.82) is 0 Å². The van der Waals surface area contributed by atoms with Crippen LogP contribution >= 0.6 is 0 Å². The average molecular weight is 342 g/mol. The fourth-order valence-corrected chi connectivity index (χ4v) is 3.09. The topological polar surface area (TPSA) is 94.1 Å². The summed E-state index contributed by atoms with van der Waals surface area (Å²) >= 11 is 0. The number of hydrogen-bond donors (Lipinski definition) is 2. The molecular formula is C18H22N4O3. The Morgan fingerprint density at radius 3 is 1.52 bits per heavy atom. The van der Waals surface area contributed by atoms with Gasteiger partial charge in [0.25, 0.3) is 0 Å². The Morgan fingerprint density at radius 1 is 0.840 bits per heavy atom. The van der Waals surface area contributed by atoms with Crippen molar-refractivity contribution in [3.63, 3.8) is 0 Å². The number of anilines is 2. The van der Waals surface area contributed by atoms with E-state index in [4.69, 9.17) is 15.3 Å². The zero-order valence-corrected chi connectivity index (χ0v) is 15.0. The van der Waals surface area contributed by atoms with Crippen molar-refractivity contribution in [3.8, 4) is 0 Å². The molecule has 0 aliphatic carbocycles. The van der Waals surface area contributed by atoms with Crippen LogP contribution in [0.5, 0.6) is 0 Å². The lowest BCUT2D eigenvalue weighted by molar-refractivity contribution is -0.617. The van der Waals surface area contributed by atoms with Gasteiger partial charge in [-0.3, -0.25) is 0 Å². The van der Waals surface area contributed by atoms with Gasteiger partial charge in [0.15, 0.2) is 0 Å². The van der Waals surface area contributed by atoms with Gasteiger partial charge in [-0.1, -0.05) is 0 Å². The molecule has 2 N–H and O–H groups in total. The van der Waals surface area contributed by atoms with Crippen LogP contribution in [0.4, 0.5) is 11.4 Å². The molecule has 1 aromatic heterocycles. The van der Waals surface area contributed by atoms with Crippen molar-refractivity contribution in [2.24, 2.45) is 7.05 Å². The van der Waals surface area contributed by atoms with E-state index in [0.29, 0.717) is 0 Å². The maximum Gasteiger partial charge on any atom is 0.214 e. The van der Waals surface area contributed by atoms with E-state index in [1.807, 2.05) is 14.1 Å². The molecule has 0 amide bonds. The minimum Gasteiger partial charge on any atom is -0.388 e. The van der Waals surface area contributed by atoms with E-state index >= 15 is 0 Å². The molecule has 0 radical (unpaired) electrons. The van der Waals surface area contributed by atoms with Crippen LogP contribution < -0.4 is 15.2 Å². The van der Waals surface area contributed by atoms with Gasteiger partial charge in [-0.05, 0) is 43.2 Å². The summed E-state index contributed by atoms with van der Waals surface area (Å²) in [4.78, 5) is 8.25. The van der Waals surface area contributed by atoms with Gasteiger partial charge in [-0.15, -0.1) is 0 Å². The number of rotatable bonds is 2. The number of aryl methyl sites for hydroxylation is 3. The highest BCUT2D eigenvalue weighted by Crippen LogP contribution is 2.27. The van der Waals surface area contributed by atoms with Crippen LogP contribution in [0, 0.1) is 29.2 Å². The molecule has 7 nitrogen and oxygen atoms in total. The standard InChI is InChI=1S/C18H21N3.NO3/c1-11-6-13-8-14-7-12(2)16(20-4)10-18(14)21(5)17(13)9-15(11)19-3;2-1(3)4/h6-10H,1-5H3,(H,19,20);/q;-1/p+1. The number of hydrogen-bond acceptors (Lipinski definition) is 5. The molecule has 0 aliphatic rings. The van der Waals surface area contributed by atoms with Crippen LogP contribution in [0.2, 0.25) is 0 Å². The molecule has 132 valence electrons. The summed E-state index contributed by atoms with van der Waals surface area (Å²) in [5.41, 5.74) is 7.38. The van der Waals surface area contributed by atoms with E-state index in [-0.39, 0.29) is 0 Å². The first kappa shape index (κ1) is 18.3. The monoisotopic (exact) mass is 342 g/mol. The van der Waals surface area contributed by atoms with E-state index < -0.39 is 5.09 Å². The maximum absolute atomic E-state index is 8.25. The van der Waals surface area contributed by atoms with Gasteiger partial charge in [0.1, 0.15) is 7.05 Å². The number of nitrogens with zero attached hydrogens (tertiary/aromatic N) is 2. The fourth-order valence-electron chi connectivity index (χ4n) is 3.09. The van der Waals surface area contributed by atoms with E-state index in [0.717, 1.165) is 0 Å². The van der Waals surface area contributed by atoms with Gasteiger partial charge in [0.05, 0.1) is 5.09 Å². The minimum atomic E-state index is -1.75. The Bertz CT molecular complexity index is 882. The second-order valence-corrected chi connectivity index (χ2v) is 5.88. The van der Waals surface area contributed by atoms with Gasteiger partial charge in [0, 0.05) is 48.4 Å². The Kier molecular flexibility index (Phi) is 5.26. The van der Waals surface area contributed by atoms with Crippen LogP contribution in [0.1, 0.15) is 11.1 Å². The van der Waals surface area contributed by atoms with Crippen molar-refractivity contribution >= 4 is 33.2 Å². The summed E-state index contributed by atoms with van der Waals surface area (Å²) in [6, 6.07) is 11.2. The van der Waals surface area contributed by atoms with Crippen molar-refractivity contribution in [2.45, 2.75) is 13.8 Å². The van der Waals surface area contributed by atoms with Gasteiger partial charge < -0.3 is 26.0 Å². The summed E-state index contributed by atoms with van der Waals surface area (Å²) < 4.78 is 2.27. The molecule has 7 heteroatoms. The van der Waals surface area contributed by atoms with Crippen LogP contribution in [-0.2, 0) is 7.05 Å². The normalized spacial score (nSPS) is 10.3. The van der Waals surface area contributed by atoms with Gasteiger partial charge >= 0.3 is 0 Å². The van der Waals surface area contributed by atoms with Crippen LogP contribution in [-0.4, -0.2) is 19.2 Å². The van der Waals surface area contributed by atoms with E-state index in [9.17, 15) is 0 Å². The summed E-state index contributed by atoms with van der Waals surface area (Å²) in [5, 5.41) is 23.8. The molecule has 0 unspecified atom stereocenters. The Labute approximate surface area is 146 Å². The molecule has 0 spiro atoms. The summed E-state index contributed by atoms with van der Waals surface area (Å²) in [6.45, 7) is 4.29. The predicted molar refractivity (Wildman–Crippen MR) is 102 cm³/mol.